The highest BCUT2D eigenvalue weighted by atomic mass is 16.5. The molecule has 1 atom stereocenters. The topological polar surface area (TPSA) is 9.23 Å². The first kappa shape index (κ1) is 15.1. The van der Waals surface area contributed by atoms with Crippen molar-refractivity contribution >= 4 is 0 Å². The fourth-order valence-corrected chi connectivity index (χ4v) is 2.28. The molecule has 1 aromatic rings. The van der Waals surface area contributed by atoms with Gasteiger partial charge in [-0.05, 0) is 48.3 Å². The molecule has 102 valence electrons. The highest BCUT2D eigenvalue weighted by Crippen LogP contribution is 2.25. The van der Waals surface area contributed by atoms with E-state index in [-0.39, 0.29) is 0 Å². The van der Waals surface area contributed by atoms with Crippen molar-refractivity contribution in [3.8, 4) is 5.75 Å². The first-order chi connectivity index (χ1) is 8.52. The summed E-state index contributed by atoms with van der Waals surface area (Å²) < 4.78 is 5.20. The van der Waals surface area contributed by atoms with Crippen LogP contribution in [0, 0.1) is 17.8 Å². The highest BCUT2D eigenvalue weighted by Gasteiger charge is 2.14. The summed E-state index contributed by atoms with van der Waals surface area (Å²) in [5.41, 5.74) is 1.43. The molecule has 0 aliphatic rings. The number of ether oxygens (including phenoxy) is 1. The second-order valence-electron chi connectivity index (χ2n) is 6.03. The van der Waals surface area contributed by atoms with E-state index in [0.717, 1.165) is 23.5 Å². The lowest BCUT2D eigenvalue weighted by molar-refractivity contribution is 0.329. The van der Waals surface area contributed by atoms with Gasteiger partial charge in [-0.2, -0.15) is 0 Å². The van der Waals surface area contributed by atoms with Gasteiger partial charge in [-0.1, -0.05) is 46.2 Å². The summed E-state index contributed by atoms with van der Waals surface area (Å²) in [4.78, 5) is 0. The van der Waals surface area contributed by atoms with Gasteiger partial charge in [0.2, 0.25) is 0 Å². The van der Waals surface area contributed by atoms with Crippen LogP contribution >= 0.6 is 0 Å². The molecule has 0 aromatic heterocycles. The smallest absolute Gasteiger partial charge is 0.118 e. The van der Waals surface area contributed by atoms with E-state index >= 15 is 0 Å². The zero-order valence-electron chi connectivity index (χ0n) is 12.6. The number of benzene rings is 1. The quantitative estimate of drug-likeness (QED) is 0.663. The predicted octanol–water partition coefficient (Wildman–Crippen LogP) is 4.95. The molecule has 0 aliphatic heterocycles. The fourth-order valence-electron chi connectivity index (χ4n) is 2.28. The fraction of sp³-hybridized carbons (Fsp3) is 0.647. The molecule has 1 heteroatoms. The Morgan fingerprint density at radius 1 is 0.944 bits per heavy atom. The van der Waals surface area contributed by atoms with Crippen molar-refractivity contribution in [3.05, 3.63) is 29.8 Å². The predicted molar refractivity (Wildman–Crippen MR) is 79.1 cm³/mol. The van der Waals surface area contributed by atoms with Crippen LogP contribution in [-0.2, 0) is 6.42 Å². The first-order valence-electron chi connectivity index (χ1n) is 7.15. The Bertz CT molecular complexity index is 324. The van der Waals surface area contributed by atoms with E-state index in [4.69, 9.17) is 4.74 Å². The van der Waals surface area contributed by atoms with E-state index in [1.165, 1.54) is 24.8 Å². The zero-order chi connectivity index (χ0) is 13.5. The second-order valence-corrected chi connectivity index (χ2v) is 6.03. The lowest BCUT2D eigenvalue weighted by Crippen LogP contribution is -2.13. The zero-order valence-corrected chi connectivity index (χ0v) is 12.6. The van der Waals surface area contributed by atoms with Crippen LogP contribution < -0.4 is 4.74 Å². The Labute approximate surface area is 113 Å². The molecule has 0 fully saturated rings. The molecule has 1 rings (SSSR count). The highest BCUT2D eigenvalue weighted by molar-refractivity contribution is 5.27. The van der Waals surface area contributed by atoms with Crippen LogP contribution in [0.1, 0.15) is 46.1 Å². The third kappa shape index (κ3) is 5.12. The number of methoxy groups -OCH3 is 1. The minimum absolute atomic E-state index is 0.755. The molecule has 0 amide bonds. The average molecular weight is 248 g/mol. The molecule has 1 aromatic carbocycles. The summed E-state index contributed by atoms with van der Waals surface area (Å²) in [7, 11) is 1.72. The Morgan fingerprint density at radius 3 is 2.00 bits per heavy atom. The number of hydrogen-bond acceptors (Lipinski definition) is 1. The van der Waals surface area contributed by atoms with Gasteiger partial charge in [0.1, 0.15) is 5.75 Å². The standard InChI is InChI=1S/C17H28O/c1-13(2)6-9-16(14(3)4)12-15-7-10-17(18-5)11-8-15/h7-8,10-11,13-14,16H,6,9,12H2,1-5H3. The summed E-state index contributed by atoms with van der Waals surface area (Å²) in [6, 6.07) is 8.53. The molecule has 0 heterocycles. The van der Waals surface area contributed by atoms with Crippen molar-refractivity contribution in [3.63, 3.8) is 0 Å². The van der Waals surface area contributed by atoms with Gasteiger partial charge in [0.15, 0.2) is 0 Å². The van der Waals surface area contributed by atoms with Crippen LogP contribution in [0.25, 0.3) is 0 Å². The van der Waals surface area contributed by atoms with Gasteiger partial charge in [0.05, 0.1) is 7.11 Å². The Kier molecular flexibility index (Phi) is 6.24. The van der Waals surface area contributed by atoms with Gasteiger partial charge < -0.3 is 4.74 Å². The molecule has 0 aliphatic carbocycles. The van der Waals surface area contributed by atoms with Crippen molar-refractivity contribution in [2.45, 2.75) is 47.0 Å². The summed E-state index contributed by atoms with van der Waals surface area (Å²) >= 11 is 0. The SMILES string of the molecule is COc1ccc(CC(CCC(C)C)C(C)C)cc1. The van der Waals surface area contributed by atoms with Gasteiger partial charge in [-0.25, -0.2) is 0 Å². The van der Waals surface area contributed by atoms with Crippen LogP contribution in [0.15, 0.2) is 24.3 Å². The van der Waals surface area contributed by atoms with Crippen LogP contribution in [0.5, 0.6) is 5.75 Å². The van der Waals surface area contributed by atoms with E-state index in [2.05, 4.69) is 52.0 Å². The largest absolute Gasteiger partial charge is 0.497 e. The lowest BCUT2D eigenvalue weighted by Gasteiger charge is -2.22. The molecule has 1 nitrogen and oxygen atoms in total. The maximum atomic E-state index is 5.20. The molecular weight excluding hydrogens is 220 g/mol. The molecule has 0 bridgehead atoms. The van der Waals surface area contributed by atoms with E-state index in [9.17, 15) is 0 Å². The first-order valence-corrected chi connectivity index (χ1v) is 7.15. The van der Waals surface area contributed by atoms with Crippen LogP contribution in [0.2, 0.25) is 0 Å². The molecule has 18 heavy (non-hydrogen) atoms. The third-order valence-electron chi connectivity index (χ3n) is 3.71. The van der Waals surface area contributed by atoms with Crippen molar-refractivity contribution in [1.82, 2.24) is 0 Å². The third-order valence-corrected chi connectivity index (χ3v) is 3.71. The summed E-state index contributed by atoms with van der Waals surface area (Å²) in [6.45, 7) is 9.30. The molecule has 0 saturated heterocycles. The summed E-state index contributed by atoms with van der Waals surface area (Å²) in [6.07, 6.45) is 3.86. The lowest BCUT2D eigenvalue weighted by atomic mass is 9.84. The van der Waals surface area contributed by atoms with Crippen LogP contribution in [0.4, 0.5) is 0 Å². The van der Waals surface area contributed by atoms with Gasteiger partial charge in [0, 0.05) is 0 Å². The molecule has 1 unspecified atom stereocenters. The van der Waals surface area contributed by atoms with Crippen molar-refractivity contribution < 1.29 is 4.74 Å². The Hall–Kier alpha value is -0.980. The summed E-state index contributed by atoms with van der Waals surface area (Å²) in [5.74, 6) is 3.30. The van der Waals surface area contributed by atoms with E-state index in [0.29, 0.717) is 0 Å². The van der Waals surface area contributed by atoms with Gasteiger partial charge in [-0.15, -0.1) is 0 Å². The Morgan fingerprint density at radius 2 is 1.56 bits per heavy atom. The molecule has 0 spiro atoms. The van der Waals surface area contributed by atoms with E-state index < -0.39 is 0 Å². The van der Waals surface area contributed by atoms with Crippen LogP contribution in [-0.4, -0.2) is 7.11 Å². The molecular formula is C17H28O. The minimum Gasteiger partial charge on any atom is -0.497 e. The number of hydrogen-bond donors (Lipinski definition) is 0. The molecule has 0 N–H and O–H groups in total. The normalized spacial score (nSPS) is 13.1. The molecule has 0 radical (unpaired) electrons. The van der Waals surface area contributed by atoms with Crippen LogP contribution in [0.3, 0.4) is 0 Å². The second kappa shape index (κ2) is 7.45. The van der Waals surface area contributed by atoms with Gasteiger partial charge in [0.25, 0.3) is 0 Å². The van der Waals surface area contributed by atoms with Gasteiger partial charge in [-0.3, -0.25) is 0 Å². The monoisotopic (exact) mass is 248 g/mol. The van der Waals surface area contributed by atoms with Crippen molar-refractivity contribution in [2.75, 3.05) is 7.11 Å². The summed E-state index contributed by atoms with van der Waals surface area (Å²) in [5, 5.41) is 0. The maximum absolute atomic E-state index is 5.20. The maximum Gasteiger partial charge on any atom is 0.118 e. The molecule has 0 saturated carbocycles. The van der Waals surface area contributed by atoms with Crippen molar-refractivity contribution in [1.29, 1.82) is 0 Å². The average Bonchev–Trinajstić information content (AvgIpc) is 2.34. The van der Waals surface area contributed by atoms with E-state index in [1.54, 1.807) is 7.11 Å². The van der Waals surface area contributed by atoms with E-state index in [1.807, 2.05) is 0 Å². The van der Waals surface area contributed by atoms with Gasteiger partial charge >= 0.3 is 0 Å². The minimum atomic E-state index is 0.755. The van der Waals surface area contributed by atoms with Crippen molar-refractivity contribution in [2.24, 2.45) is 17.8 Å². The number of rotatable bonds is 7. The Balaban J connectivity index is 2.58.